The minimum absolute atomic E-state index is 0.195. The molecule has 5 heterocycles. The second-order valence-corrected chi connectivity index (χ2v) is 12.4. The van der Waals surface area contributed by atoms with Gasteiger partial charge in [0, 0.05) is 38.9 Å². The van der Waals surface area contributed by atoms with Gasteiger partial charge in [-0.2, -0.15) is 8.42 Å². The molecular weight excluding hydrogens is 522 g/mol. The molecule has 0 spiro atoms. The molecule has 2 saturated heterocycles. The highest BCUT2D eigenvalue weighted by Crippen LogP contribution is 2.37. The van der Waals surface area contributed by atoms with Gasteiger partial charge in [0.25, 0.3) is 10.1 Å². The van der Waals surface area contributed by atoms with Crippen LogP contribution in [0.1, 0.15) is 31.4 Å². The van der Waals surface area contributed by atoms with Gasteiger partial charge in [0.1, 0.15) is 0 Å². The van der Waals surface area contributed by atoms with Crippen LogP contribution in [0.5, 0.6) is 0 Å². The quantitative estimate of drug-likeness (QED) is 0.400. The number of anilines is 3. The van der Waals surface area contributed by atoms with E-state index in [4.69, 9.17) is 29.6 Å². The van der Waals surface area contributed by atoms with E-state index in [0.717, 1.165) is 86.0 Å². The Morgan fingerprint density at radius 3 is 2.41 bits per heavy atom. The van der Waals surface area contributed by atoms with E-state index in [1.54, 1.807) is 6.20 Å². The van der Waals surface area contributed by atoms with Gasteiger partial charge in [0.05, 0.1) is 37.3 Å². The van der Waals surface area contributed by atoms with Gasteiger partial charge >= 0.3 is 0 Å². The Balaban J connectivity index is 1.40. The number of nitrogen functional groups attached to an aromatic ring is 1. The lowest BCUT2D eigenvalue weighted by molar-refractivity contribution is 0.122. The first-order valence-electron chi connectivity index (χ1n) is 13.5. The predicted molar refractivity (Wildman–Crippen MR) is 147 cm³/mol. The van der Waals surface area contributed by atoms with Crippen molar-refractivity contribution in [3.8, 4) is 11.4 Å². The van der Waals surface area contributed by atoms with E-state index >= 15 is 0 Å². The van der Waals surface area contributed by atoms with Crippen molar-refractivity contribution >= 4 is 39.0 Å². The van der Waals surface area contributed by atoms with Crippen molar-refractivity contribution < 1.29 is 17.3 Å². The Hall–Kier alpha value is -3.10. The van der Waals surface area contributed by atoms with Gasteiger partial charge in [0.2, 0.25) is 11.9 Å². The molecule has 0 radical (unpaired) electrons. The van der Waals surface area contributed by atoms with E-state index in [1.807, 2.05) is 6.92 Å². The second kappa shape index (κ2) is 10.5. The van der Waals surface area contributed by atoms with Crippen molar-refractivity contribution in [3.63, 3.8) is 0 Å². The van der Waals surface area contributed by atoms with Crippen LogP contribution in [0.2, 0.25) is 0 Å². The number of hydrogen-bond acceptors (Lipinski definition) is 12. The van der Waals surface area contributed by atoms with Crippen LogP contribution in [0, 0.1) is 18.8 Å². The van der Waals surface area contributed by atoms with Crippen LogP contribution in [0.15, 0.2) is 6.20 Å². The van der Waals surface area contributed by atoms with Crippen molar-refractivity contribution in [2.75, 3.05) is 67.8 Å². The monoisotopic (exact) mass is 557 g/mol. The van der Waals surface area contributed by atoms with Gasteiger partial charge in [-0.15, -0.1) is 0 Å². The number of nitrogens with two attached hydrogens (primary N) is 1. The summed E-state index contributed by atoms with van der Waals surface area (Å²) in [6.45, 7) is 7.20. The highest BCUT2D eigenvalue weighted by atomic mass is 32.2. The topological polar surface area (TPSA) is 154 Å². The summed E-state index contributed by atoms with van der Waals surface area (Å²) in [5, 5.41) is 0. The van der Waals surface area contributed by atoms with E-state index in [2.05, 4.69) is 24.3 Å². The number of fused-ring (bicyclic) bond motifs is 1. The zero-order valence-corrected chi connectivity index (χ0v) is 23.2. The van der Waals surface area contributed by atoms with E-state index < -0.39 is 10.1 Å². The number of rotatable bonds is 8. The molecule has 39 heavy (non-hydrogen) atoms. The third-order valence-electron chi connectivity index (χ3n) is 7.66. The van der Waals surface area contributed by atoms with E-state index in [9.17, 15) is 8.42 Å². The van der Waals surface area contributed by atoms with Crippen LogP contribution in [0.25, 0.3) is 22.6 Å². The number of aromatic nitrogens is 6. The van der Waals surface area contributed by atoms with Gasteiger partial charge in [-0.3, -0.25) is 8.75 Å². The summed E-state index contributed by atoms with van der Waals surface area (Å²) in [4.78, 5) is 28.3. The average molecular weight is 558 g/mol. The Morgan fingerprint density at radius 1 is 1.00 bits per heavy atom. The summed E-state index contributed by atoms with van der Waals surface area (Å²) in [6, 6.07) is 0. The van der Waals surface area contributed by atoms with Gasteiger partial charge in [-0.25, -0.2) is 24.9 Å². The molecule has 3 fully saturated rings. The third kappa shape index (κ3) is 5.77. The van der Waals surface area contributed by atoms with Crippen LogP contribution >= 0.6 is 0 Å². The highest BCUT2D eigenvalue weighted by molar-refractivity contribution is 7.85. The zero-order chi connectivity index (χ0) is 27.1. The number of nitrogens with zero attached hydrogens (tertiary/aromatic N) is 8. The number of piperidine rings is 1. The normalized spacial score (nSPS) is 19.2. The second-order valence-electron chi connectivity index (χ2n) is 10.8. The lowest BCUT2D eigenvalue weighted by Crippen LogP contribution is -2.37. The lowest BCUT2D eigenvalue weighted by Gasteiger charge is -2.32. The fourth-order valence-electron chi connectivity index (χ4n) is 5.28. The van der Waals surface area contributed by atoms with E-state index in [-0.39, 0.29) is 18.5 Å². The third-order valence-corrected chi connectivity index (χ3v) is 8.22. The molecule has 0 aromatic carbocycles. The van der Waals surface area contributed by atoms with Crippen molar-refractivity contribution in [2.45, 2.75) is 39.2 Å². The van der Waals surface area contributed by atoms with Crippen LogP contribution in [0.4, 0.5) is 17.7 Å². The van der Waals surface area contributed by atoms with Crippen LogP contribution < -0.4 is 15.5 Å². The van der Waals surface area contributed by atoms with E-state index in [1.165, 1.54) is 12.8 Å². The highest BCUT2D eigenvalue weighted by Gasteiger charge is 2.31. The summed E-state index contributed by atoms with van der Waals surface area (Å²) in [6.07, 6.45) is 6.84. The maximum absolute atomic E-state index is 11.5. The van der Waals surface area contributed by atoms with Crippen LogP contribution in [-0.2, 0) is 25.6 Å². The molecule has 6 rings (SSSR count). The molecule has 0 unspecified atom stereocenters. The molecular formula is C25H35N9O4S. The van der Waals surface area contributed by atoms with Crippen molar-refractivity contribution in [1.29, 1.82) is 0 Å². The van der Waals surface area contributed by atoms with Crippen molar-refractivity contribution in [1.82, 2.24) is 29.5 Å². The molecule has 0 atom stereocenters. The molecule has 14 heteroatoms. The number of hydrogen-bond donors (Lipinski definition) is 1. The predicted octanol–water partition coefficient (Wildman–Crippen LogP) is 1.61. The molecule has 3 aromatic heterocycles. The molecule has 0 amide bonds. The maximum atomic E-state index is 11.5. The maximum Gasteiger partial charge on any atom is 0.264 e. The zero-order valence-electron chi connectivity index (χ0n) is 22.4. The van der Waals surface area contributed by atoms with Crippen LogP contribution in [0.3, 0.4) is 0 Å². The minimum Gasteiger partial charge on any atom is -0.378 e. The SMILES string of the molecule is Cc1nc(N)ncc1-c1nc(N2CCOCC2)c2nc(N3CCC(COS(C)(=O)=O)CC3)n(CC3CC3)c2n1. The van der Waals surface area contributed by atoms with Gasteiger partial charge in [0.15, 0.2) is 22.8 Å². The first kappa shape index (κ1) is 26.1. The van der Waals surface area contributed by atoms with E-state index in [0.29, 0.717) is 25.0 Å². The molecule has 2 N–H and O–H groups in total. The van der Waals surface area contributed by atoms with Crippen molar-refractivity contribution in [3.05, 3.63) is 11.9 Å². The molecule has 13 nitrogen and oxygen atoms in total. The summed E-state index contributed by atoms with van der Waals surface area (Å²) >= 11 is 0. The molecule has 1 saturated carbocycles. The summed E-state index contributed by atoms with van der Waals surface area (Å²) in [5.41, 5.74) is 8.88. The van der Waals surface area contributed by atoms with Gasteiger partial charge in [-0.05, 0) is 44.4 Å². The molecule has 210 valence electrons. The molecule has 3 aliphatic rings. The fraction of sp³-hybridized carbons (Fsp3) is 0.640. The smallest absolute Gasteiger partial charge is 0.264 e. The summed E-state index contributed by atoms with van der Waals surface area (Å²) in [5.74, 6) is 3.26. The molecule has 0 bridgehead atoms. The summed E-state index contributed by atoms with van der Waals surface area (Å²) in [7, 11) is -3.44. The number of morpholine rings is 1. The Bertz CT molecular complexity index is 1460. The molecule has 1 aliphatic carbocycles. The molecule has 2 aliphatic heterocycles. The summed E-state index contributed by atoms with van der Waals surface area (Å²) < 4.78 is 35.9. The number of imidazole rings is 1. The largest absolute Gasteiger partial charge is 0.378 e. The Morgan fingerprint density at radius 2 is 1.74 bits per heavy atom. The minimum atomic E-state index is -3.44. The lowest BCUT2D eigenvalue weighted by atomic mass is 9.98. The van der Waals surface area contributed by atoms with Gasteiger partial charge < -0.3 is 20.3 Å². The fourth-order valence-corrected chi connectivity index (χ4v) is 5.72. The first-order chi connectivity index (χ1) is 18.7. The van der Waals surface area contributed by atoms with Gasteiger partial charge in [-0.1, -0.05) is 0 Å². The first-order valence-corrected chi connectivity index (χ1v) is 15.4. The average Bonchev–Trinajstić information content (AvgIpc) is 3.67. The van der Waals surface area contributed by atoms with Crippen molar-refractivity contribution in [2.24, 2.45) is 11.8 Å². The van der Waals surface area contributed by atoms with Crippen LogP contribution in [-0.4, -0.2) is 90.2 Å². The Kier molecular flexibility index (Phi) is 7.02. The number of aryl methyl sites for hydroxylation is 1. The Labute approximate surface area is 227 Å². The molecule has 3 aromatic rings. The standard InChI is InChI=1S/C25H35N9O4S/c1-16-19(13-27-24(26)28-16)21-30-22(32-9-11-37-12-10-32)20-23(31-21)34(14-17-3-4-17)25(29-20)33-7-5-18(6-8-33)15-38-39(2,35)36/h13,17-18H,3-12,14-15H2,1-2H3,(H2,26,27,28). The number of ether oxygens (including phenoxy) is 1.